The molecule has 6 heteroatoms. The van der Waals surface area contributed by atoms with Gasteiger partial charge < -0.3 is 10.0 Å². The molecule has 2 aromatic rings. The van der Waals surface area contributed by atoms with Crippen molar-refractivity contribution in [2.75, 3.05) is 18.6 Å². The molecule has 2 aromatic carbocycles. The van der Waals surface area contributed by atoms with Crippen molar-refractivity contribution in [2.24, 2.45) is 0 Å². The lowest BCUT2D eigenvalue weighted by Crippen LogP contribution is -2.43. The van der Waals surface area contributed by atoms with Gasteiger partial charge in [0.05, 0.1) is 4.58 Å². The van der Waals surface area contributed by atoms with Crippen LogP contribution < -0.4 is 0 Å². The Hall–Kier alpha value is -1.92. The number of carbonyl (C=O) groups excluding carboxylic acids is 1. The van der Waals surface area contributed by atoms with E-state index in [1.807, 2.05) is 66.0 Å². The summed E-state index contributed by atoms with van der Waals surface area (Å²) in [5, 5.41) is 9.59. The summed E-state index contributed by atoms with van der Waals surface area (Å²) in [5.74, 6) is 1.03. The number of likely N-dealkylation sites (N-methyl/N-ethyl adjacent to an activating group) is 1. The van der Waals surface area contributed by atoms with Crippen LogP contribution in [0.3, 0.4) is 0 Å². The van der Waals surface area contributed by atoms with E-state index in [1.54, 1.807) is 19.2 Å². The maximum atomic E-state index is 12.8. The van der Waals surface area contributed by atoms with Gasteiger partial charge in [0.1, 0.15) is 6.04 Å². The number of carboxylic acids is 1. The molecule has 0 saturated carbocycles. The Morgan fingerprint density at radius 3 is 2.27 bits per heavy atom. The molecule has 1 aliphatic heterocycles. The summed E-state index contributed by atoms with van der Waals surface area (Å²) < 4.78 is 0.432. The average Bonchev–Trinajstić information content (AvgIpc) is 3.20. The molecule has 1 heterocycles. The number of aliphatic carboxylic acids is 1. The summed E-state index contributed by atoms with van der Waals surface area (Å²) in [6.07, 6.45) is 0.284. The zero-order valence-corrected chi connectivity index (χ0v) is 16.1. The van der Waals surface area contributed by atoms with Crippen LogP contribution in [0, 0.1) is 0 Å². The number of thioether (sulfide) groups is 2. The lowest BCUT2D eigenvalue weighted by Gasteiger charge is -2.25. The van der Waals surface area contributed by atoms with Gasteiger partial charge in [-0.3, -0.25) is 4.79 Å². The number of benzene rings is 2. The van der Waals surface area contributed by atoms with E-state index in [-0.39, 0.29) is 12.3 Å². The smallest absolute Gasteiger partial charge is 0.326 e. The first kappa shape index (κ1) is 18.9. The van der Waals surface area contributed by atoms with E-state index >= 15 is 0 Å². The van der Waals surface area contributed by atoms with E-state index in [0.717, 1.165) is 17.1 Å². The third kappa shape index (κ3) is 4.43. The van der Waals surface area contributed by atoms with Crippen molar-refractivity contribution in [3.8, 4) is 0 Å². The van der Waals surface area contributed by atoms with Crippen LogP contribution in [0.4, 0.5) is 0 Å². The molecule has 4 nitrogen and oxygen atoms in total. The van der Waals surface area contributed by atoms with E-state index in [2.05, 4.69) is 0 Å². The topological polar surface area (TPSA) is 57.6 Å². The van der Waals surface area contributed by atoms with Crippen molar-refractivity contribution in [2.45, 2.75) is 17.0 Å². The van der Waals surface area contributed by atoms with Gasteiger partial charge in [0.25, 0.3) is 5.91 Å². The Bertz CT molecular complexity index is 758. The quantitative estimate of drug-likeness (QED) is 0.814. The molecule has 1 unspecified atom stereocenters. The van der Waals surface area contributed by atoms with Crippen LogP contribution in [-0.2, 0) is 11.2 Å². The lowest BCUT2D eigenvalue weighted by molar-refractivity contribution is -0.141. The van der Waals surface area contributed by atoms with Crippen LogP contribution in [0.25, 0.3) is 0 Å². The largest absolute Gasteiger partial charge is 0.480 e. The van der Waals surface area contributed by atoms with E-state index in [1.165, 1.54) is 10.5 Å². The molecular formula is C20H21NO3S2. The summed E-state index contributed by atoms with van der Waals surface area (Å²) >= 11 is 3.83. The monoisotopic (exact) mass is 387 g/mol. The molecule has 26 heavy (non-hydrogen) atoms. The number of carboxylic acid groups (broad SMARTS) is 1. The van der Waals surface area contributed by atoms with E-state index in [4.69, 9.17) is 0 Å². The van der Waals surface area contributed by atoms with Gasteiger partial charge in [-0.2, -0.15) is 0 Å². The van der Waals surface area contributed by atoms with Crippen molar-refractivity contribution in [1.29, 1.82) is 0 Å². The Labute approximate surface area is 162 Å². The Kier molecular flexibility index (Phi) is 6.27. The maximum Gasteiger partial charge on any atom is 0.326 e. The van der Waals surface area contributed by atoms with Gasteiger partial charge in [-0.1, -0.05) is 42.5 Å². The summed E-state index contributed by atoms with van der Waals surface area (Å²) in [6, 6.07) is 16.0. The Morgan fingerprint density at radius 2 is 1.69 bits per heavy atom. The summed E-state index contributed by atoms with van der Waals surface area (Å²) in [5.41, 5.74) is 2.62. The molecule has 0 spiro atoms. The van der Waals surface area contributed by atoms with E-state index in [0.29, 0.717) is 10.1 Å². The molecule has 3 rings (SSSR count). The number of amides is 1. The Morgan fingerprint density at radius 1 is 1.08 bits per heavy atom. The zero-order chi connectivity index (χ0) is 18.5. The van der Waals surface area contributed by atoms with Crippen LogP contribution in [0.2, 0.25) is 0 Å². The molecule has 1 aliphatic rings. The summed E-state index contributed by atoms with van der Waals surface area (Å²) in [6.45, 7) is 0. The molecule has 0 aliphatic carbocycles. The molecule has 0 aromatic heterocycles. The van der Waals surface area contributed by atoms with Crippen molar-refractivity contribution >= 4 is 35.4 Å². The maximum absolute atomic E-state index is 12.8. The fraction of sp³-hybridized carbons (Fsp3) is 0.300. The molecular weight excluding hydrogens is 366 g/mol. The number of hydrogen-bond donors (Lipinski definition) is 1. The standard InChI is InChI=1S/C20H21NO3S2/c1-21(17(19(23)24)13-14-5-3-2-4-6-14)18(22)15-7-9-16(10-8-15)20-25-11-12-26-20/h2-10,17,20H,11-13H2,1H3,(H,23,24). The number of hydrogen-bond acceptors (Lipinski definition) is 4. The normalized spacial score (nSPS) is 15.6. The van der Waals surface area contributed by atoms with Gasteiger partial charge in [0, 0.05) is 30.5 Å². The third-order valence-corrected chi connectivity index (χ3v) is 7.50. The Balaban J connectivity index is 1.72. The highest BCUT2D eigenvalue weighted by molar-refractivity contribution is 8.19. The highest BCUT2D eigenvalue weighted by Gasteiger charge is 2.28. The third-order valence-electron chi connectivity index (χ3n) is 4.40. The van der Waals surface area contributed by atoms with E-state index in [9.17, 15) is 14.7 Å². The van der Waals surface area contributed by atoms with Crippen molar-refractivity contribution < 1.29 is 14.7 Å². The molecule has 1 atom stereocenters. The van der Waals surface area contributed by atoms with Crippen LogP contribution in [0.15, 0.2) is 54.6 Å². The van der Waals surface area contributed by atoms with Crippen molar-refractivity contribution in [1.82, 2.24) is 4.90 Å². The predicted molar refractivity (Wildman–Crippen MR) is 108 cm³/mol. The van der Waals surface area contributed by atoms with E-state index < -0.39 is 12.0 Å². The van der Waals surface area contributed by atoms with Gasteiger partial charge in [-0.25, -0.2) is 4.79 Å². The molecule has 1 fully saturated rings. The molecule has 1 saturated heterocycles. The molecule has 0 bridgehead atoms. The second-order valence-electron chi connectivity index (χ2n) is 6.16. The minimum atomic E-state index is -1.000. The average molecular weight is 388 g/mol. The first-order valence-corrected chi connectivity index (χ1v) is 10.5. The summed E-state index contributed by atoms with van der Waals surface area (Å²) in [7, 11) is 1.56. The lowest BCUT2D eigenvalue weighted by atomic mass is 10.0. The van der Waals surface area contributed by atoms with Gasteiger partial charge in [0.15, 0.2) is 0 Å². The number of nitrogens with zero attached hydrogens (tertiary/aromatic N) is 1. The summed E-state index contributed by atoms with van der Waals surface area (Å²) in [4.78, 5) is 25.8. The number of rotatable bonds is 6. The molecule has 1 amide bonds. The minimum Gasteiger partial charge on any atom is -0.480 e. The highest BCUT2D eigenvalue weighted by Crippen LogP contribution is 2.45. The molecule has 0 radical (unpaired) electrons. The van der Waals surface area contributed by atoms with Crippen LogP contribution in [0.1, 0.15) is 26.1 Å². The zero-order valence-electron chi connectivity index (χ0n) is 14.5. The second kappa shape index (κ2) is 8.64. The van der Waals surface area contributed by atoms with Crippen molar-refractivity contribution in [3.63, 3.8) is 0 Å². The SMILES string of the molecule is CN(C(=O)c1ccc(C2SCCS2)cc1)C(Cc1ccccc1)C(=O)O. The van der Waals surface area contributed by atoms with Gasteiger partial charge in [-0.15, -0.1) is 23.5 Å². The fourth-order valence-corrected chi connectivity index (χ4v) is 5.77. The van der Waals surface area contributed by atoms with Crippen LogP contribution in [0.5, 0.6) is 0 Å². The second-order valence-corrected chi connectivity index (χ2v) is 8.88. The van der Waals surface area contributed by atoms with Gasteiger partial charge in [0.2, 0.25) is 0 Å². The first-order chi connectivity index (χ1) is 12.6. The van der Waals surface area contributed by atoms with Crippen LogP contribution >= 0.6 is 23.5 Å². The van der Waals surface area contributed by atoms with Crippen LogP contribution in [-0.4, -0.2) is 46.5 Å². The fourth-order valence-electron chi connectivity index (χ4n) is 2.91. The van der Waals surface area contributed by atoms with Gasteiger partial charge >= 0.3 is 5.97 Å². The van der Waals surface area contributed by atoms with Gasteiger partial charge in [-0.05, 0) is 23.3 Å². The first-order valence-electron chi connectivity index (χ1n) is 8.43. The highest BCUT2D eigenvalue weighted by atomic mass is 32.2. The number of carbonyl (C=O) groups is 2. The molecule has 1 N–H and O–H groups in total. The molecule has 136 valence electrons. The predicted octanol–water partition coefficient (Wildman–Crippen LogP) is 3.93. The minimum absolute atomic E-state index is 0.272. The van der Waals surface area contributed by atoms with Crippen molar-refractivity contribution in [3.05, 3.63) is 71.3 Å².